The Labute approximate surface area is 80.4 Å². The number of benzene rings is 1. The lowest BCUT2D eigenvalue weighted by Gasteiger charge is -2.05. The highest BCUT2D eigenvalue weighted by Crippen LogP contribution is 2.23. The fraction of sp³-hybridized carbons (Fsp3) is 0. The average molecular weight is 188 g/mol. The summed E-state index contributed by atoms with van der Waals surface area (Å²) in [7, 11) is 0. The second-order valence-corrected chi connectivity index (χ2v) is 2.78. The minimum atomic E-state index is -0.0498. The Kier molecular flexibility index (Phi) is 2.02. The highest BCUT2D eigenvalue weighted by Gasteiger charge is 2.07. The minimum absolute atomic E-state index is 0.0498. The molecular formula is C10H8N2O2. The molecule has 1 aromatic carbocycles. The van der Waals surface area contributed by atoms with Crippen LogP contribution in [0.3, 0.4) is 0 Å². The lowest BCUT2D eigenvalue weighted by atomic mass is 10.2. The summed E-state index contributed by atoms with van der Waals surface area (Å²) in [6.45, 7) is 0. The number of hydrogen-bond donors (Lipinski definition) is 1. The van der Waals surface area contributed by atoms with Gasteiger partial charge in [-0.1, -0.05) is 6.07 Å². The summed E-state index contributed by atoms with van der Waals surface area (Å²) in [5.41, 5.74) is 0.762. The summed E-state index contributed by atoms with van der Waals surface area (Å²) in [5, 5.41) is 13.6. The van der Waals surface area contributed by atoms with Gasteiger partial charge in [0.05, 0.1) is 5.56 Å². The molecular weight excluding hydrogens is 180 g/mol. The summed E-state index contributed by atoms with van der Waals surface area (Å²) in [6.07, 6.45) is 3.92. The first-order valence-corrected chi connectivity index (χ1v) is 4.10. The molecule has 4 heteroatoms. The number of nitrogens with zero attached hydrogens (tertiary/aromatic N) is 2. The van der Waals surface area contributed by atoms with E-state index >= 15 is 0 Å². The van der Waals surface area contributed by atoms with E-state index in [4.69, 9.17) is 0 Å². The van der Waals surface area contributed by atoms with Crippen molar-refractivity contribution < 1.29 is 9.90 Å². The van der Waals surface area contributed by atoms with E-state index in [1.807, 2.05) is 0 Å². The third-order valence-corrected chi connectivity index (χ3v) is 1.92. The molecule has 0 amide bonds. The maximum absolute atomic E-state index is 10.6. The summed E-state index contributed by atoms with van der Waals surface area (Å²) in [5.74, 6) is -0.0498. The van der Waals surface area contributed by atoms with Crippen LogP contribution in [0, 0.1) is 0 Å². The zero-order chi connectivity index (χ0) is 9.97. The second-order valence-electron chi connectivity index (χ2n) is 2.78. The summed E-state index contributed by atoms with van der Waals surface area (Å²) < 4.78 is 1.50. The van der Waals surface area contributed by atoms with Crippen LogP contribution in [0.1, 0.15) is 10.4 Å². The lowest BCUT2D eigenvalue weighted by molar-refractivity contribution is 0.112. The molecule has 0 bridgehead atoms. The van der Waals surface area contributed by atoms with Crippen molar-refractivity contribution in [2.24, 2.45) is 0 Å². The molecule has 70 valence electrons. The van der Waals surface area contributed by atoms with E-state index < -0.39 is 0 Å². The van der Waals surface area contributed by atoms with Gasteiger partial charge >= 0.3 is 0 Å². The fourth-order valence-corrected chi connectivity index (χ4v) is 1.24. The number of phenols is 1. The Hall–Kier alpha value is -2.10. The molecule has 0 aliphatic heterocycles. The molecule has 0 radical (unpaired) electrons. The van der Waals surface area contributed by atoms with Gasteiger partial charge in [-0.05, 0) is 18.2 Å². The number of para-hydroxylation sites is 1. The van der Waals surface area contributed by atoms with Gasteiger partial charge in [0.1, 0.15) is 5.69 Å². The smallest absolute Gasteiger partial charge is 0.153 e. The number of carbonyl (C=O) groups excluding carboxylic acids is 1. The van der Waals surface area contributed by atoms with Gasteiger partial charge in [0, 0.05) is 12.4 Å². The molecule has 0 unspecified atom stereocenters. The Morgan fingerprint density at radius 2 is 2.21 bits per heavy atom. The molecule has 2 aromatic rings. The number of hydrogen-bond acceptors (Lipinski definition) is 3. The summed E-state index contributed by atoms with van der Waals surface area (Å²) in [6, 6.07) is 6.68. The predicted molar refractivity (Wildman–Crippen MR) is 50.6 cm³/mol. The van der Waals surface area contributed by atoms with Crippen molar-refractivity contribution >= 4 is 6.29 Å². The Bertz CT molecular complexity index is 449. The van der Waals surface area contributed by atoms with Gasteiger partial charge in [0.15, 0.2) is 12.0 Å². The van der Waals surface area contributed by atoms with E-state index in [2.05, 4.69) is 5.10 Å². The fourth-order valence-electron chi connectivity index (χ4n) is 1.24. The molecule has 0 spiro atoms. The van der Waals surface area contributed by atoms with Crippen LogP contribution in [-0.2, 0) is 0 Å². The van der Waals surface area contributed by atoms with Crippen molar-refractivity contribution in [1.82, 2.24) is 9.78 Å². The molecule has 1 aromatic heterocycles. The maximum atomic E-state index is 10.6. The monoisotopic (exact) mass is 188 g/mol. The molecule has 0 atom stereocenters. The summed E-state index contributed by atoms with van der Waals surface area (Å²) in [4.78, 5) is 10.6. The number of phenolic OH excluding ortho intramolecular Hbond substituents is 1. The van der Waals surface area contributed by atoms with E-state index in [0.717, 1.165) is 0 Å². The van der Waals surface area contributed by atoms with Gasteiger partial charge in [-0.25, -0.2) is 4.68 Å². The van der Waals surface area contributed by atoms with Crippen molar-refractivity contribution in [3.63, 3.8) is 0 Å². The standard InChI is InChI=1S/C10H8N2O2/c13-7-8-3-1-4-9(10(8)14)12-6-2-5-11-12/h1-7,14H. The van der Waals surface area contributed by atoms with Crippen LogP contribution in [0.15, 0.2) is 36.7 Å². The van der Waals surface area contributed by atoms with Gasteiger partial charge in [0.25, 0.3) is 0 Å². The van der Waals surface area contributed by atoms with Crippen LogP contribution in [0.2, 0.25) is 0 Å². The zero-order valence-corrected chi connectivity index (χ0v) is 7.29. The van der Waals surface area contributed by atoms with Crippen molar-refractivity contribution in [3.05, 3.63) is 42.2 Å². The molecule has 0 saturated carbocycles. The van der Waals surface area contributed by atoms with E-state index in [0.29, 0.717) is 12.0 Å². The SMILES string of the molecule is O=Cc1cccc(-n2cccn2)c1O. The highest BCUT2D eigenvalue weighted by atomic mass is 16.3. The second kappa shape index (κ2) is 3.33. The molecule has 14 heavy (non-hydrogen) atoms. The molecule has 0 fully saturated rings. The van der Waals surface area contributed by atoms with Crippen LogP contribution in [-0.4, -0.2) is 21.2 Å². The Morgan fingerprint density at radius 3 is 2.86 bits per heavy atom. The van der Waals surface area contributed by atoms with Crippen molar-refractivity contribution in [1.29, 1.82) is 0 Å². The minimum Gasteiger partial charge on any atom is -0.505 e. The van der Waals surface area contributed by atoms with E-state index in [1.54, 1.807) is 36.7 Å². The molecule has 2 rings (SSSR count). The van der Waals surface area contributed by atoms with Crippen molar-refractivity contribution in [2.45, 2.75) is 0 Å². The quantitative estimate of drug-likeness (QED) is 0.724. The molecule has 0 aliphatic rings. The molecule has 1 heterocycles. The zero-order valence-electron chi connectivity index (χ0n) is 7.29. The topological polar surface area (TPSA) is 55.1 Å². The Morgan fingerprint density at radius 1 is 1.36 bits per heavy atom. The largest absolute Gasteiger partial charge is 0.505 e. The van der Waals surface area contributed by atoms with Crippen LogP contribution in [0.4, 0.5) is 0 Å². The first-order chi connectivity index (χ1) is 6.83. The number of aldehydes is 1. The van der Waals surface area contributed by atoms with Crippen LogP contribution < -0.4 is 0 Å². The van der Waals surface area contributed by atoms with E-state index in [9.17, 15) is 9.90 Å². The number of aromatic nitrogens is 2. The lowest BCUT2D eigenvalue weighted by Crippen LogP contribution is -1.96. The number of aromatic hydroxyl groups is 1. The third-order valence-electron chi connectivity index (χ3n) is 1.92. The molecule has 0 saturated heterocycles. The van der Waals surface area contributed by atoms with E-state index in [1.165, 1.54) is 4.68 Å². The van der Waals surface area contributed by atoms with Crippen LogP contribution >= 0.6 is 0 Å². The number of rotatable bonds is 2. The third kappa shape index (κ3) is 1.26. The predicted octanol–water partition coefficient (Wildman–Crippen LogP) is 1.39. The van der Waals surface area contributed by atoms with Gasteiger partial charge in [0.2, 0.25) is 0 Å². The maximum Gasteiger partial charge on any atom is 0.153 e. The molecule has 1 N–H and O–H groups in total. The van der Waals surface area contributed by atoms with Crippen LogP contribution in [0.5, 0.6) is 5.75 Å². The summed E-state index contributed by atoms with van der Waals surface area (Å²) >= 11 is 0. The first-order valence-electron chi connectivity index (χ1n) is 4.10. The van der Waals surface area contributed by atoms with Crippen molar-refractivity contribution in [3.8, 4) is 11.4 Å². The van der Waals surface area contributed by atoms with Gasteiger partial charge < -0.3 is 5.11 Å². The van der Waals surface area contributed by atoms with Gasteiger partial charge in [-0.3, -0.25) is 4.79 Å². The Balaban J connectivity index is 2.60. The molecule has 4 nitrogen and oxygen atoms in total. The van der Waals surface area contributed by atoms with E-state index in [-0.39, 0.29) is 11.3 Å². The van der Waals surface area contributed by atoms with Gasteiger partial charge in [-0.15, -0.1) is 0 Å². The highest BCUT2D eigenvalue weighted by molar-refractivity contribution is 5.81. The number of carbonyl (C=O) groups is 1. The van der Waals surface area contributed by atoms with Crippen molar-refractivity contribution in [2.75, 3.05) is 0 Å². The van der Waals surface area contributed by atoms with Gasteiger partial charge in [-0.2, -0.15) is 5.10 Å². The normalized spacial score (nSPS) is 10.0. The first kappa shape index (κ1) is 8.50. The van der Waals surface area contributed by atoms with Crippen LogP contribution in [0.25, 0.3) is 5.69 Å². The molecule has 0 aliphatic carbocycles. The average Bonchev–Trinajstić information content (AvgIpc) is 2.71.